The van der Waals surface area contributed by atoms with E-state index in [0.717, 1.165) is 5.57 Å². The van der Waals surface area contributed by atoms with Crippen molar-refractivity contribution in [2.45, 2.75) is 167 Å². The number of aliphatic hydroxyl groups excluding tert-OH is 2. The molecule has 4 rings (SSSR count). The number of hydrogen-bond acceptors (Lipinski definition) is 12. The third kappa shape index (κ3) is 11.5. The molecule has 13 nitrogen and oxygen atoms in total. The van der Waals surface area contributed by atoms with Crippen LogP contribution in [0.1, 0.15) is 112 Å². The van der Waals surface area contributed by atoms with Crippen LogP contribution in [0.15, 0.2) is 36.0 Å². The lowest BCUT2D eigenvalue weighted by atomic mass is 9.81. The van der Waals surface area contributed by atoms with Gasteiger partial charge in [-0.05, 0) is 95.5 Å². The number of ether oxygens (including phenoxy) is 5. The molecule has 14 atom stereocenters. The number of Topliss-reactive ketones (excluding diaryl/α,β-unsaturated/α-hetero) is 2. The number of carbonyl (C=O) groups excluding carboxylic acids is 4. The molecule has 3 N–H and O–H groups in total. The lowest BCUT2D eigenvalue weighted by molar-refractivity contribution is -0.302. The lowest BCUT2D eigenvalue weighted by Crippen LogP contribution is -2.64. The summed E-state index contributed by atoms with van der Waals surface area (Å²) in [5.41, 5.74) is 1.64. The second kappa shape index (κ2) is 21.7. The fourth-order valence-electron chi connectivity index (χ4n) is 9.51. The first-order valence-corrected chi connectivity index (χ1v) is 21.5. The van der Waals surface area contributed by atoms with Crippen LogP contribution in [0.3, 0.4) is 0 Å². The van der Waals surface area contributed by atoms with Gasteiger partial charge in [-0.2, -0.15) is 0 Å². The summed E-state index contributed by atoms with van der Waals surface area (Å²) in [7, 11) is 3.06. The van der Waals surface area contributed by atoms with E-state index >= 15 is 0 Å². The second-order valence-electron chi connectivity index (χ2n) is 17.5. The van der Waals surface area contributed by atoms with Gasteiger partial charge in [0.1, 0.15) is 24.0 Å². The highest BCUT2D eigenvalue weighted by Gasteiger charge is 2.56. The second-order valence-corrected chi connectivity index (χ2v) is 17.5. The highest BCUT2D eigenvalue weighted by molar-refractivity contribution is 6.39. The first-order chi connectivity index (χ1) is 27.5. The van der Waals surface area contributed by atoms with Crippen molar-refractivity contribution in [1.29, 1.82) is 0 Å². The van der Waals surface area contributed by atoms with Crippen LogP contribution < -0.4 is 0 Å². The highest BCUT2D eigenvalue weighted by Crippen LogP contribution is 2.39. The van der Waals surface area contributed by atoms with Crippen molar-refractivity contribution >= 4 is 23.4 Å². The standard InChI is InChI=1S/C45H71NO12/c1-10-18-56-37-24-31(15-16-34(37)47)22-28(5)40-30(7)35(48)25-36(49)32(11-2)20-26(3)19-27(4)21-38(54-8)41-39(55-9)23-29(6)45(53,58-41)42(50)43(51)46-17-13-12-14-33(46)44(52)57-40/h10,20,22,27,29-35,37-41,47-48,53H,1,11-19,21,23-25H2,2-9H3/b26-20+,28-22?. The lowest BCUT2D eigenvalue weighted by Gasteiger charge is -2.47. The van der Waals surface area contributed by atoms with Crippen molar-refractivity contribution in [2.24, 2.45) is 29.6 Å². The first kappa shape index (κ1) is 47.9. The number of ketones is 2. The molecule has 1 saturated carbocycles. The molecule has 0 aromatic rings. The number of nitrogens with zero attached hydrogens (tertiary/aromatic N) is 1. The van der Waals surface area contributed by atoms with E-state index in [-0.39, 0.29) is 43.4 Å². The Morgan fingerprint density at radius 3 is 2.31 bits per heavy atom. The molecule has 1 aliphatic carbocycles. The number of piperidine rings is 1. The number of hydrogen-bond donors (Lipinski definition) is 3. The van der Waals surface area contributed by atoms with Crippen molar-refractivity contribution in [1.82, 2.24) is 4.90 Å². The Morgan fingerprint density at radius 1 is 0.966 bits per heavy atom. The van der Waals surface area contributed by atoms with Gasteiger partial charge in [0.2, 0.25) is 5.79 Å². The van der Waals surface area contributed by atoms with E-state index in [9.17, 15) is 34.5 Å². The topological polar surface area (TPSA) is 178 Å². The van der Waals surface area contributed by atoms with E-state index in [4.69, 9.17) is 23.7 Å². The van der Waals surface area contributed by atoms with Gasteiger partial charge < -0.3 is 43.9 Å². The van der Waals surface area contributed by atoms with Crippen LogP contribution in [0, 0.1) is 29.6 Å². The summed E-state index contributed by atoms with van der Waals surface area (Å²) in [5.74, 6) is -7.59. The maximum Gasteiger partial charge on any atom is 0.329 e. The summed E-state index contributed by atoms with van der Waals surface area (Å²) in [6, 6.07) is -1.14. The summed E-state index contributed by atoms with van der Waals surface area (Å²) in [5, 5.41) is 34.3. The Balaban J connectivity index is 1.76. The van der Waals surface area contributed by atoms with Crippen molar-refractivity contribution in [3.8, 4) is 0 Å². The molecular formula is C45H71NO12. The molecule has 2 bridgehead atoms. The summed E-state index contributed by atoms with van der Waals surface area (Å²) >= 11 is 0. The Bertz CT molecular complexity index is 1500. The van der Waals surface area contributed by atoms with Crippen molar-refractivity contribution < 1.29 is 58.2 Å². The quantitative estimate of drug-likeness (QED) is 0.169. The number of aliphatic hydroxyl groups is 3. The normalized spacial score (nSPS) is 40.5. The number of rotatable bonds is 8. The summed E-state index contributed by atoms with van der Waals surface area (Å²) < 4.78 is 30.1. The van der Waals surface area contributed by atoms with E-state index in [0.29, 0.717) is 63.5 Å². The zero-order valence-corrected chi connectivity index (χ0v) is 36.1. The van der Waals surface area contributed by atoms with Crippen LogP contribution in [0.5, 0.6) is 0 Å². The smallest absolute Gasteiger partial charge is 0.329 e. The van der Waals surface area contributed by atoms with E-state index in [1.54, 1.807) is 19.9 Å². The van der Waals surface area contributed by atoms with Crippen LogP contribution >= 0.6 is 0 Å². The number of methoxy groups -OCH3 is 2. The number of cyclic esters (lactones) is 1. The first-order valence-electron chi connectivity index (χ1n) is 21.5. The molecule has 3 heterocycles. The zero-order chi connectivity index (χ0) is 42.9. The molecule has 328 valence electrons. The molecule has 0 spiro atoms. The minimum atomic E-state index is -2.51. The predicted octanol–water partition coefficient (Wildman–Crippen LogP) is 5.03. The van der Waals surface area contributed by atoms with Gasteiger partial charge in [0.25, 0.3) is 11.7 Å². The van der Waals surface area contributed by atoms with Crippen molar-refractivity contribution in [2.75, 3.05) is 27.4 Å². The number of allylic oxidation sites excluding steroid dienone is 3. The van der Waals surface area contributed by atoms with Gasteiger partial charge in [0.15, 0.2) is 0 Å². The van der Waals surface area contributed by atoms with Gasteiger partial charge in [0.05, 0.1) is 37.1 Å². The van der Waals surface area contributed by atoms with Gasteiger partial charge in [-0.15, -0.1) is 6.58 Å². The molecule has 4 aliphatic rings. The van der Waals surface area contributed by atoms with E-state index in [1.807, 2.05) is 32.9 Å². The Kier molecular flexibility index (Phi) is 17.9. The third-order valence-electron chi connectivity index (χ3n) is 13.0. The molecule has 0 aromatic carbocycles. The van der Waals surface area contributed by atoms with E-state index in [1.165, 1.54) is 19.1 Å². The Hall–Kier alpha value is -2.78. The van der Waals surface area contributed by atoms with Gasteiger partial charge in [-0.1, -0.05) is 51.5 Å². The largest absolute Gasteiger partial charge is 0.456 e. The SMILES string of the molecule is C=CCOC1CC(C=C(C)C2OC(=O)C3CCCCN3C(=O)C(=O)C3(O)OC(C(OC)CC(C)C/C(C)=C/C(CC)C(=O)CC(O)C2C)C(OC)CC3C)CCC1O. The average molecular weight is 818 g/mol. The molecule has 3 fully saturated rings. The number of carbonyl (C=O) groups is 4. The highest BCUT2D eigenvalue weighted by atomic mass is 16.7. The van der Waals surface area contributed by atoms with Crippen molar-refractivity contribution in [3.05, 3.63) is 36.0 Å². The fourth-order valence-corrected chi connectivity index (χ4v) is 9.51. The van der Waals surface area contributed by atoms with Gasteiger partial charge >= 0.3 is 5.97 Å². The minimum absolute atomic E-state index is 0.0310. The molecule has 13 heteroatoms. The van der Waals surface area contributed by atoms with Crippen molar-refractivity contribution in [3.63, 3.8) is 0 Å². The van der Waals surface area contributed by atoms with Crippen LogP contribution in [-0.2, 0) is 42.9 Å². The molecular weight excluding hydrogens is 746 g/mol. The minimum Gasteiger partial charge on any atom is -0.456 e. The monoisotopic (exact) mass is 817 g/mol. The number of fused-ring (bicyclic) bond motifs is 3. The molecule has 1 amide bonds. The molecule has 2 saturated heterocycles. The van der Waals surface area contributed by atoms with Crippen LogP contribution in [0.25, 0.3) is 0 Å². The molecule has 58 heavy (non-hydrogen) atoms. The fraction of sp³-hybridized carbons (Fsp3) is 0.778. The maximum absolute atomic E-state index is 14.3. The summed E-state index contributed by atoms with van der Waals surface area (Å²) in [6.45, 7) is 15.2. The van der Waals surface area contributed by atoms with Gasteiger partial charge in [-0.3, -0.25) is 14.4 Å². The van der Waals surface area contributed by atoms with E-state index in [2.05, 4.69) is 13.5 Å². The number of esters is 1. The number of amides is 1. The molecule has 14 unspecified atom stereocenters. The van der Waals surface area contributed by atoms with Gasteiger partial charge in [-0.25, -0.2) is 4.79 Å². The van der Waals surface area contributed by atoms with E-state index < -0.39 is 90.0 Å². The third-order valence-corrected chi connectivity index (χ3v) is 13.0. The van der Waals surface area contributed by atoms with Gasteiger partial charge in [0, 0.05) is 44.9 Å². The summed E-state index contributed by atoms with van der Waals surface area (Å²) in [6.07, 6.45) is 5.09. The predicted molar refractivity (Wildman–Crippen MR) is 217 cm³/mol. The zero-order valence-electron chi connectivity index (χ0n) is 36.1. The van der Waals surface area contributed by atoms with Crippen LogP contribution in [0.4, 0.5) is 0 Å². The molecule has 0 aromatic heterocycles. The molecule has 3 aliphatic heterocycles. The average Bonchev–Trinajstić information content (AvgIpc) is 3.20. The Labute approximate surface area is 345 Å². The molecule has 0 radical (unpaired) electrons. The van der Waals surface area contributed by atoms with Crippen LogP contribution in [-0.4, -0.2) is 126 Å². The van der Waals surface area contributed by atoms with Crippen LogP contribution in [0.2, 0.25) is 0 Å². The summed E-state index contributed by atoms with van der Waals surface area (Å²) in [4.78, 5) is 57.8. The maximum atomic E-state index is 14.3. The Morgan fingerprint density at radius 2 is 1.66 bits per heavy atom.